The molecule has 0 aromatic carbocycles. The molecule has 0 aliphatic heterocycles. The summed E-state index contributed by atoms with van der Waals surface area (Å²) in [5.74, 6) is -2.22. The second-order valence-electron chi connectivity index (χ2n) is 6.21. The Bertz CT molecular complexity index is 455. The highest BCUT2D eigenvalue weighted by Crippen LogP contribution is 2.38. The average Bonchev–Trinajstić information content (AvgIpc) is 2.81. The van der Waals surface area contributed by atoms with Crippen molar-refractivity contribution >= 4 is 17.8 Å². The van der Waals surface area contributed by atoms with E-state index in [0.717, 1.165) is 19.3 Å². The first kappa shape index (κ1) is 19.4. The van der Waals surface area contributed by atoms with Crippen LogP contribution in [0.25, 0.3) is 0 Å². The maximum Gasteiger partial charge on any atom is 0.330 e. The Morgan fingerprint density at radius 2 is 2.09 bits per heavy atom. The van der Waals surface area contributed by atoms with Crippen LogP contribution in [-0.2, 0) is 23.9 Å². The highest BCUT2D eigenvalue weighted by atomic mass is 16.5. The van der Waals surface area contributed by atoms with Crippen molar-refractivity contribution in [1.82, 2.24) is 5.32 Å². The molecule has 1 fully saturated rings. The summed E-state index contributed by atoms with van der Waals surface area (Å²) in [6.07, 6.45) is 2.47. The fourth-order valence-corrected chi connectivity index (χ4v) is 2.67. The molecule has 132 valence electrons. The Labute approximate surface area is 135 Å². The van der Waals surface area contributed by atoms with E-state index < -0.39 is 36.4 Å². The monoisotopic (exact) mass is 330 g/mol. The minimum atomic E-state index is -1.24. The molecule has 1 aliphatic rings. The lowest BCUT2D eigenvalue weighted by Crippen LogP contribution is -2.52. The predicted octanol–water partition coefficient (Wildman–Crippen LogP) is 0.0415. The number of ether oxygens (including phenoxy) is 2. The van der Waals surface area contributed by atoms with Gasteiger partial charge in [0.2, 0.25) is 5.91 Å². The molecule has 23 heavy (non-hydrogen) atoms. The zero-order chi connectivity index (χ0) is 17.6. The maximum absolute atomic E-state index is 11.9. The van der Waals surface area contributed by atoms with Gasteiger partial charge < -0.3 is 25.6 Å². The van der Waals surface area contributed by atoms with Gasteiger partial charge in [-0.25, -0.2) is 4.79 Å². The molecule has 0 heterocycles. The van der Waals surface area contributed by atoms with Crippen LogP contribution in [0.2, 0.25) is 0 Å². The molecule has 1 aliphatic carbocycles. The standard InChI is InChI=1S/C15H26N2O6/c1-9-5-4-6-15(9,2)23-8-11(14(21)22-3)17-13(20)10(16)7-12(18)19/h9-11H,4-8,16H2,1-3H3,(H,17,20)(H,18,19)/t9?,10-,11-,15?/m0/s1. The van der Waals surface area contributed by atoms with Crippen LogP contribution in [0.3, 0.4) is 0 Å². The van der Waals surface area contributed by atoms with E-state index in [1.807, 2.05) is 6.92 Å². The summed E-state index contributed by atoms with van der Waals surface area (Å²) in [5.41, 5.74) is 5.14. The van der Waals surface area contributed by atoms with Crippen LogP contribution >= 0.6 is 0 Å². The van der Waals surface area contributed by atoms with E-state index >= 15 is 0 Å². The Balaban J connectivity index is 2.64. The SMILES string of the molecule is COC(=O)[C@H](COC1(C)CCCC1C)NC(=O)[C@@H](N)CC(=O)O. The van der Waals surface area contributed by atoms with Gasteiger partial charge >= 0.3 is 11.9 Å². The lowest BCUT2D eigenvalue weighted by atomic mass is 9.94. The Morgan fingerprint density at radius 1 is 1.43 bits per heavy atom. The van der Waals surface area contributed by atoms with E-state index in [0.29, 0.717) is 5.92 Å². The molecule has 2 unspecified atom stereocenters. The highest BCUT2D eigenvalue weighted by Gasteiger charge is 2.38. The van der Waals surface area contributed by atoms with E-state index in [1.165, 1.54) is 7.11 Å². The van der Waals surface area contributed by atoms with Gasteiger partial charge in [0.25, 0.3) is 0 Å². The zero-order valence-corrected chi connectivity index (χ0v) is 13.8. The van der Waals surface area contributed by atoms with Gasteiger partial charge in [0.05, 0.1) is 31.8 Å². The molecule has 8 heteroatoms. The number of carbonyl (C=O) groups excluding carboxylic acids is 2. The van der Waals surface area contributed by atoms with Crippen LogP contribution in [-0.4, -0.2) is 54.4 Å². The molecule has 0 radical (unpaired) electrons. The third-order valence-corrected chi connectivity index (χ3v) is 4.47. The van der Waals surface area contributed by atoms with E-state index in [1.54, 1.807) is 0 Å². The van der Waals surface area contributed by atoms with E-state index in [9.17, 15) is 14.4 Å². The van der Waals surface area contributed by atoms with Gasteiger partial charge in [-0.15, -0.1) is 0 Å². The number of carbonyl (C=O) groups is 3. The molecule has 4 N–H and O–H groups in total. The van der Waals surface area contributed by atoms with Crippen LogP contribution in [0.15, 0.2) is 0 Å². The molecule has 4 atom stereocenters. The number of amides is 1. The van der Waals surface area contributed by atoms with Gasteiger partial charge in [-0.05, 0) is 25.7 Å². The molecule has 1 amide bonds. The Morgan fingerprint density at radius 3 is 2.57 bits per heavy atom. The van der Waals surface area contributed by atoms with Crippen molar-refractivity contribution in [2.75, 3.05) is 13.7 Å². The smallest absolute Gasteiger partial charge is 0.330 e. The number of rotatable bonds is 8. The van der Waals surface area contributed by atoms with Crippen LogP contribution in [0, 0.1) is 5.92 Å². The number of methoxy groups -OCH3 is 1. The largest absolute Gasteiger partial charge is 0.481 e. The fourth-order valence-electron chi connectivity index (χ4n) is 2.67. The molecular formula is C15H26N2O6. The third-order valence-electron chi connectivity index (χ3n) is 4.47. The van der Waals surface area contributed by atoms with Crippen LogP contribution in [0.5, 0.6) is 0 Å². The second-order valence-corrected chi connectivity index (χ2v) is 6.21. The Kier molecular flexibility index (Phi) is 6.96. The minimum Gasteiger partial charge on any atom is -0.481 e. The summed E-state index contributed by atoms with van der Waals surface area (Å²) >= 11 is 0. The summed E-state index contributed by atoms with van der Waals surface area (Å²) in [7, 11) is 1.21. The number of hydrogen-bond acceptors (Lipinski definition) is 6. The summed E-state index contributed by atoms with van der Waals surface area (Å²) in [5, 5.41) is 11.1. The molecule has 0 saturated heterocycles. The van der Waals surface area contributed by atoms with Crippen molar-refractivity contribution in [2.45, 2.75) is 57.2 Å². The molecule has 1 rings (SSSR count). The van der Waals surface area contributed by atoms with E-state index in [2.05, 4.69) is 17.0 Å². The van der Waals surface area contributed by atoms with E-state index in [4.69, 9.17) is 15.6 Å². The molecule has 0 aromatic rings. The predicted molar refractivity (Wildman–Crippen MR) is 81.5 cm³/mol. The number of esters is 1. The zero-order valence-electron chi connectivity index (χ0n) is 13.8. The third kappa shape index (κ3) is 5.47. The van der Waals surface area contributed by atoms with Crippen LogP contribution in [0.1, 0.15) is 39.5 Å². The molecule has 1 saturated carbocycles. The maximum atomic E-state index is 11.9. The van der Waals surface area contributed by atoms with E-state index in [-0.39, 0.29) is 12.2 Å². The molecule has 8 nitrogen and oxygen atoms in total. The normalized spacial score (nSPS) is 26.3. The van der Waals surface area contributed by atoms with Crippen LogP contribution < -0.4 is 11.1 Å². The van der Waals surface area contributed by atoms with Gasteiger partial charge in [-0.1, -0.05) is 13.3 Å². The topological polar surface area (TPSA) is 128 Å². The van der Waals surface area contributed by atoms with Crippen molar-refractivity contribution in [3.8, 4) is 0 Å². The number of nitrogens with one attached hydrogen (secondary N) is 1. The molecule has 0 spiro atoms. The fraction of sp³-hybridized carbons (Fsp3) is 0.800. The number of nitrogens with two attached hydrogens (primary N) is 1. The van der Waals surface area contributed by atoms with Crippen molar-refractivity contribution in [1.29, 1.82) is 0 Å². The molecular weight excluding hydrogens is 304 g/mol. The van der Waals surface area contributed by atoms with Crippen molar-refractivity contribution in [2.24, 2.45) is 11.7 Å². The summed E-state index contributed by atoms with van der Waals surface area (Å²) < 4.78 is 10.5. The van der Waals surface area contributed by atoms with Crippen molar-refractivity contribution in [3.63, 3.8) is 0 Å². The van der Waals surface area contributed by atoms with Crippen molar-refractivity contribution in [3.05, 3.63) is 0 Å². The van der Waals surface area contributed by atoms with Gasteiger partial charge in [0, 0.05) is 0 Å². The lowest BCUT2D eigenvalue weighted by Gasteiger charge is -2.31. The molecule has 0 bridgehead atoms. The number of hydrogen-bond donors (Lipinski definition) is 3. The summed E-state index contributed by atoms with van der Waals surface area (Å²) in [4.78, 5) is 34.3. The lowest BCUT2D eigenvalue weighted by molar-refractivity contribution is -0.150. The number of carboxylic acid groups (broad SMARTS) is 1. The Hall–Kier alpha value is -1.67. The first-order valence-corrected chi connectivity index (χ1v) is 7.69. The number of aliphatic carboxylic acids is 1. The number of carboxylic acids is 1. The van der Waals surface area contributed by atoms with Gasteiger partial charge in [0.1, 0.15) is 0 Å². The first-order chi connectivity index (χ1) is 10.7. The van der Waals surface area contributed by atoms with Gasteiger partial charge in [-0.3, -0.25) is 9.59 Å². The highest BCUT2D eigenvalue weighted by molar-refractivity contribution is 5.89. The van der Waals surface area contributed by atoms with Crippen LogP contribution in [0.4, 0.5) is 0 Å². The second kappa shape index (κ2) is 8.26. The van der Waals surface area contributed by atoms with Crippen molar-refractivity contribution < 1.29 is 29.0 Å². The average molecular weight is 330 g/mol. The van der Waals surface area contributed by atoms with Gasteiger partial charge in [0.15, 0.2) is 6.04 Å². The van der Waals surface area contributed by atoms with Gasteiger partial charge in [-0.2, -0.15) is 0 Å². The quantitative estimate of drug-likeness (QED) is 0.536. The summed E-state index contributed by atoms with van der Waals surface area (Å²) in [6, 6.07) is -2.25. The first-order valence-electron chi connectivity index (χ1n) is 7.69. The minimum absolute atomic E-state index is 0.0426. The summed E-state index contributed by atoms with van der Waals surface area (Å²) in [6.45, 7) is 4.03. The molecule has 0 aromatic heterocycles.